The molecule has 3 atom stereocenters. The second-order valence-electron chi connectivity index (χ2n) is 22.9. The van der Waals surface area contributed by atoms with Crippen LogP contribution < -0.4 is 10.2 Å². The summed E-state index contributed by atoms with van der Waals surface area (Å²) in [4.78, 5) is 40.1. The number of esters is 1. The molecule has 1 N–H and O–H groups in total. The zero-order chi connectivity index (χ0) is 58.6. The van der Waals surface area contributed by atoms with Gasteiger partial charge in [0.25, 0.3) is 7.82 Å². The van der Waals surface area contributed by atoms with Crippen molar-refractivity contribution < 1.29 is 37.3 Å². The highest BCUT2D eigenvalue weighted by atomic mass is 31.2. The Morgan fingerprint density at radius 2 is 0.800 bits per heavy atom. The Morgan fingerprint density at radius 1 is 0.450 bits per heavy atom. The lowest BCUT2D eigenvalue weighted by Crippen LogP contribution is -2.47. The number of ether oxygens (including phenoxy) is 1. The number of phosphoric acid groups is 1. The molecule has 3 unspecified atom stereocenters. The van der Waals surface area contributed by atoms with Gasteiger partial charge in [-0.1, -0.05) is 252 Å². The Labute approximate surface area is 493 Å². The summed E-state index contributed by atoms with van der Waals surface area (Å²) < 4.78 is 30.4. The molecule has 0 bridgehead atoms. The van der Waals surface area contributed by atoms with Crippen molar-refractivity contribution in [2.75, 3.05) is 40.9 Å². The van der Waals surface area contributed by atoms with Crippen LogP contribution in [0.4, 0.5) is 0 Å². The third kappa shape index (κ3) is 59.3. The van der Waals surface area contributed by atoms with Crippen molar-refractivity contribution in [3.63, 3.8) is 0 Å². The number of unbranched alkanes of at least 4 members (excludes halogenated alkanes) is 26. The molecule has 0 saturated heterocycles. The number of hydrogen-bond donors (Lipinski definition) is 1. The van der Waals surface area contributed by atoms with E-state index in [-0.39, 0.29) is 31.3 Å². The molecule has 0 saturated carbocycles. The predicted octanol–water partition coefficient (Wildman–Crippen LogP) is 19.9. The van der Waals surface area contributed by atoms with E-state index in [9.17, 15) is 19.0 Å². The Balaban J connectivity index is 5.26. The number of carbonyl (C=O) groups is 2. The molecule has 0 aliphatic rings. The number of amides is 1. The summed E-state index contributed by atoms with van der Waals surface area (Å²) in [6, 6.07) is -0.909. The molecule has 80 heavy (non-hydrogen) atoms. The van der Waals surface area contributed by atoms with E-state index in [2.05, 4.69) is 123 Å². The Morgan fingerprint density at radius 3 is 1.23 bits per heavy atom. The molecule has 10 heteroatoms. The van der Waals surface area contributed by atoms with Crippen molar-refractivity contribution in [1.82, 2.24) is 5.32 Å². The molecule has 0 aromatic rings. The zero-order valence-electron chi connectivity index (χ0n) is 52.5. The van der Waals surface area contributed by atoms with Crippen LogP contribution in [-0.2, 0) is 27.9 Å². The molecule has 0 spiro atoms. The van der Waals surface area contributed by atoms with Gasteiger partial charge < -0.3 is 28.5 Å². The number of allylic oxidation sites excluding steroid dienone is 17. The van der Waals surface area contributed by atoms with Gasteiger partial charge in [-0.3, -0.25) is 14.2 Å². The van der Waals surface area contributed by atoms with Crippen LogP contribution >= 0.6 is 7.82 Å². The van der Waals surface area contributed by atoms with Crippen LogP contribution in [0.1, 0.15) is 271 Å². The Bertz CT molecular complexity index is 1740. The number of carbonyl (C=O) groups excluding carboxylic acids is 2. The van der Waals surface area contributed by atoms with Gasteiger partial charge in [-0.25, -0.2) is 0 Å². The average Bonchev–Trinajstić information content (AvgIpc) is 3.42. The van der Waals surface area contributed by atoms with Crippen LogP contribution in [-0.4, -0.2) is 69.4 Å². The van der Waals surface area contributed by atoms with Crippen molar-refractivity contribution in [3.8, 4) is 0 Å². The first-order valence-corrected chi connectivity index (χ1v) is 34.2. The summed E-state index contributed by atoms with van der Waals surface area (Å²) in [5.41, 5.74) is 0. The molecule has 1 amide bonds. The van der Waals surface area contributed by atoms with Gasteiger partial charge in [0.05, 0.1) is 33.8 Å². The maximum Gasteiger partial charge on any atom is 0.306 e. The molecule has 460 valence electrons. The summed E-state index contributed by atoms with van der Waals surface area (Å²) in [5.74, 6) is -0.574. The fraction of sp³-hybridized carbons (Fsp3) is 0.714. The van der Waals surface area contributed by atoms with Gasteiger partial charge in [-0.15, -0.1) is 0 Å². The Kier molecular flexibility index (Phi) is 56.4. The van der Waals surface area contributed by atoms with Gasteiger partial charge >= 0.3 is 5.97 Å². The smallest absolute Gasteiger partial charge is 0.306 e. The topological polar surface area (TPSA) is 114 Å². The SMILES string of the molecule is CC/C=C\C/C=C\C/C=C\C/C=C\C/C=C\CCCCCCCC(=O)NC(COP(=O)([O-])OCC[N+](C)(C)C)C(/C=C/CCCCCCCCCCCC)OC(=O)CCCCCCCCCC/C=C\C/C=C\C/C=C\CCCCC. The minimum atomic E-state index is -4.72. The molecule has 0 aliphatic carbocycles. The van der Waals surface area contributed by atoms with Gasteiger partial charge in [-0.2, -0.15) is 0 Å². The third-order valence-electron chi connectivity index (χ3n) is 13.9. The summed E-state index contributed by atoms with van der Waals surface area (Å²) in [7, 11) is 1.15. The predicted molar refractivity (Wildman–Crippen MR) is 344 cm³/mol. The number of nitrogens with zero attached hydrogens (tertiary/aromatic N) is 1. The number of hydrogen-bond acceptors (Lipinski definition) is 7. The highest BCUT2D eigenvalue weighted by Gasteiger charge is 2.27. The lowest BCUT2D eigenvalue weighted by atomic mass is 10.0. The highest BCUT2D eigenvalue weighted by molar-refractivity contribution is 7.45. The minimum Gasteiger partial charge on any atom is -0.756 e. The first-order chi connectivity index (χ1) is 38.9. The van der Waals surface area contributed by atoms with Crippen LogP contribution in [0.15, 0.2) is 109 Å². The standard InChI is InChI=1S/C70H123N2O7P/c1-7-10-13-16-19-22-25-28-30-32-34-36-38-40-42-44-47-50-53-56-59-62-69(73)71-67(66-78-80(75,76)77-65-64-72(4,5)6)68(61-58-55-52-49-46-27-24-21-18-15-12-9-3)79-70(74)63-60-57-54-51-48-45-43-41-39-37-35-33-31-29-26-23-20-17-14-11-8-2/h10,13,19-20,22-23,28-31,34-37,40,42,58,61,67-68H,7-9,11-12,14-18,21,24-27,32-33,38-39,41,43-57,59-60,62-66H2,1-6H3,(H-,71,73,75,76)/b13-10-,22-19-,23-20-,30-28-,31-29-,36-34-,37-35-,42-40-,61-58+. The first-order valence-electron chi connectivity index (χ1n) is 32.7. The molecular weight excluding hydrogens is 1010 g/mol. The number of rotatable bonds is 58. The van der Waals surface area contributed by atoms with E-state index in [0.29, 0.717) is 23.9 Å². The van der Waals surface area contributed by atoms with Crippen molar-refractivity contribution in [2.45, 2.75) is 283 Å². The third-order valence-corrected chi connectivity index (χ3v) is 14.9. The van der Waals surface area contributed by atoms with Gasteiger partial charge in [0.15, 0.2) is 0 Å². The fourth-order valence-electron chi connectivity index (χ4n) is 8.91. The molecule has 9 nitrogen and oxygen atoms in total. The molecule has 0 aromatic heterocycles. The van der Waals surface area contributed by atoms with Crippen molar-refractivity contribution in [1.29, 1.82) is 0 Å². The molecule has 0 heterocycles. The maximum atomic E-state index is 13.6. The van der Waals surface area contributed by atoms with Crippen molar-refractivity contribution in [2.24, 2.45) is 0 Å². The van der Waals surface area contributed by atoms with Gasteiger partial charge in [0.2, 0.25) is 5.91 Å². The molecule has 0 rings (SSSR count). The van der Waals surface area contributed by atoms with E-state index < -0.39 is 26.6 Å². The van der Waals surface area contributed by atoms with E-state index in [1.165, 1.54) is 103 Å². The van der Waals surface area contributed by atoms with Crippen LogP contribution in [0.25, 0.3) is 0 Å². The molecule has 0 aliphatic heterocycles. The van der Waals surface area contributed by atoms with Gasteiger partial charge in [0, 0.05) is 12.8 Å². The largest absolute Gasteiger partial charge is 0.756 e. The molecule has 0 radical (unpaired) electrons. The normalized spacial score (nSPS) is 14.3. The van der Waals surface area contributed by atoms with E-state index >= 15 is 0 Å². The molecule has 0 fully saturated rings. The van der Waals surface area contributed by atoms with Crippen molar-refractivity contribution >= 4 is 19.7 Å². The number of likely N-dealkylation sites (N-methyl/N-ethyl adjacent to an activating group) is 1. The summed E-state index contributed by atoms with van der Waals surface area (Å²) in [5, 5.41) is 3.02. The molecular formula is C70H123N2O7P. The zero-order valence-corrected chi connectivity index (χ0v) is 53.4. The van der Waals surface area contributed by atoms with Crippen LogP contribution in [0.2, 0.25) is 0 Å². The lowest BCUT2D eigenvalue weighted by molar-refractivity contribution is -0.870. The second kappa shape index (κ2) is 58.9. The first kappa shape index (κ1) is 76.7. The lowest BCUT2D eigenvalue weighted by Gasteiger charge is -2.30. The second-order valence-corrected chi connectivity index (χ2v) is 24.3. The van der Waals surface area contributed by atoms with Crippen molar-refractivity contribution in [3.05, 3.63) is 109 Å². The van der Waals surface area contributed by atoms with Crippen LogP contribution in [0, 0.1) is 0 Å². The summed E-state index contributed by atoms with van der Waals surface area (Å²) in [6.45, 7) is 6.68. The number of phosphoric ester groups is 1. The summed E-state index contributed by atoms with van der Waals surface area (Å²) in [6.07, 6.45) is 80.5. The minimum absolute atomic E-state index is 0.0331. The summed E-state index contributed by atoms with van der Waals surface area (Å²) >= 11 is 0. The van der Waals surface area contributed by atoms with Gasteiger partial charge in [-0.05, 0) is 115 Å². The van der Waals surface area contributed by atoms with E-state index in [1.807, 2.05) is 33.3 Å². The van der Waals surface area contributed by atoms with Gasteiger partial charge in [0.1, 0.15) is 19.3 Å². The van der Waals surface area contributed by atoms with E-state index in [1.54, 1.807) is 0 Å². The van der Waals surface area contributed by atoms with Crippen LogP contribution in [0.3, 0.4) is 0 Å². The maximum absolute atomic E-state index is 13.6. The molecule has 0 aromatic carbocycles. The Hall–Kier alpha value is -3.33. The average molecular weight is 1140 g/mol. The van der Waals surface area contributed by atoms with E-state index in [4.69, 9.17) is 13.8 Å². The van der Waals surface area contributed by atoms with E-state index in [0.717, 1.165) is 122 Å². The quantitative estimate of drug-likeness (QED) is 0.0212. The fourth-order valence-corrected chi connectivity index (χ4v) is 9.63. The van der Waals surface area contributed by atoms with Crippen LogP contribution in [0.5, 0.6) is 0 Å². The highest BCUT2D eigenvalue weighted by Crippen LogP contribution is 2.38. The monoisotopic (exact) mass is 1130 g/mol. The number of nitrogens with one attached hydrogen (secondary N) is 1. The number of quaternary nitrogens is 1.